The second-order valence-corrected chi connectivity index (χ2v) is 17.0. The Labute approximate surface area is 208 Å². The summed E-state index contributed by atoms with van der Waals surface area (Å²) in [4.78, 5) is 30.9. The zero-order valence-electron chi connectivity index (χ0n) is 21.7. The fraction of sp³-hybridized carbons (Fsp3) is 0.560. The van der Waals surface area contributed by atoms with Gasteiger partial charge >= 0.3 is 6.09 Å². The van der Waals surface area contributed by atoms with Gasteiger partial charge in [0.15, 0.2) is 0 Å². The average Bonchev–Trinajstić information content (AvgIpc) is 3.13. The van der Waals surface area contributed by atoms with Crippen LogP contribution in [0.4, 0.5) is 4.79 Å². The van der Waals surface area contributed by atoms with Crippen LogP contribution in [0.5, 0.6) is 0 Å². The molecule has 2 amide bonds. The van der Waals surface area contributed by atoms with Gasteiger partial charge in [-0.2, -0.15) is 0 Å². The monoisotopic (exact) mass is 501 g/mol. The molecule has 0 saturated heterocycles. The summed E-state index contributed by atoms with van der Waals surface area (Å²) in [6.45, 7) is 13.6. The van der Waals surface area contributed by atoms with Crippen molar-refractivity contribution in [3.8, 4) is 0 Å². The van der Waals surface area contributed by atoms with Gasteiger partial charge in [0.05, 0.1) is 5.56 Å². The van der Waals surface area contributed by atoms with E-state index in [0.29, 0.717) is 29.6 Å². The van der Waals surface area contributed by atoms with Crippen LogP contribution in [0, 0.1) is 0 Å². The van der Waals surface area contributed by atoms with E-state index in [1.54, 1.807) is 17.3 Å². The zero-order valence-corrected chi connectivity index (χ0v) is 22.7. The minimum Gasteiger partial charge on any atom is -0.465 e. The first-order chi connectivity index (χ1) is 16.3. The molecule has 0 aromatic carbocycles. The maximum atomic E-state index is 12.7. The number of carboxylic acid groups (broad SMARTS) is 1. The Morgan fingerprint density at radius 1 is 1.34 bits per heavy atom. The van der Waals surface area contributed by atoms with Crippen molar-refractivity contribution in [1.29, 1.82) is 0 Å². The van der Waals surface area contributed by atoms with Gasteiger partial charge < -0.3 is 19.3 Å². The molecular formula is C25H39N5O4Si. The molecule has 9 nitrogen and oxygen atoms in total. The lowest BCUT2D eigenvalue weighted by molar-refractivity contribution is 0.0678. The lowest BCUT2D eigenvalue weighted by Crippen LogP contribution is -2.51. The Kier molecular flexibility index (Phi) is 8.08. The molecule has 1 unspecified atom stereocenters. The second kappa shape index (κ2) is 10.5. The maximum absolute atomic E-state index is 12.7. The van der Waals surface area contributed by atoms with Crippen LogP contribution in [0.15, 0.2) is 24.5 Å². The molecule has 0 fully saturated rings. The number of hydrogen-bond donors (Lipinski definition) is 3. The lowest BCUT2D eigenvalue weighted by Gasteiger charge is -2.41. The van der Waals surface area contributed by atoms with Crippen molar-refractivity contribution in [2.45, 2.75) is 84.0 Å². The number of ether oxygens (including phenoxy) is 1. The molecule has 3 rings (SSSR count). The van der Waals surface area contributed by atoms with Gasteiger partial charge in [0.25, 0.3) is 5.91 Å². The molecule has 1 aliphatic carbocycles. The molecule has 0 saturated carbocycles. The zero-order chi connectivity index (χ0) is 26.0. The third-order valence-electron chi connectivity index (χ3n) is 6.35. The first-order valence-corrected chi connectivity index (χ1v) is 15.8. The summed E-state index contributed by atoms with van der Waals surface area (Å²) in [5.74, 6) is 5.10. The van der Waals surface area contributed by atoms with Gasteiger partial charge in [-0.25, -0.2) is 15.6 Å². The highest BCUT2D eigenvalue weighted by Gasteiger charge is 2.35. The summed E-state index contributed by atoms with van der Waals surface area (Å²) in [6.07, 6.45) is 6.74. The van der Waals surface area contributed by atoms with E-state index in [2.05, 4.69) is 36.1 Å². The van der Waals surface area contributed by atoms with Crippen molar-refractivity contribution in [3.63, 3.8) is 0 Å². The highest BCUT2D eigenvalue weighted by Crippen LogP contribution is 2.37. The summed E-state index contributed by atoms with van der Waals surface area (Å²) in [7, 11) is -1.22. The average molecular weight is 502 g/mol. The number of hydrogen-bond acceptors (Lipinski definition) is 5. The van der Waals surface area contributed by atoms with Crippen molar-refractivity contribution in [1.82, 2.24) is 19.9 Å². The highest BCUT2D eigenvalue weighted by molar-refractivity contribution is 6.76. The minimum absolute atomic E-state index is 0.158. The number of amides is 2. The quantitative estimate of drug-likeness (QED) is 0.159. The van der Waals surface area contributed by atoms with E-state index in [-0.39, 0.29) is 12.8 Å². The third kappa shape index (κ3) is 6.30. The molecule has 0 aliphatic heterocycles. The van der Waals surface area contributed by atoms with E-state index in [4.69, 9.17) is 10.6 Å². The number of hydrazine groups is 1. The molecule has 0 bridgehead atoms. The number of nitrogens with two attached hydrogens (primary N) is 1. The number of pyridine rings is 1. The largest absolute Gasteiger partial charge is 0.465 e. The van der Waals surface area contributed by atoms with E-state index in [1.165, 1.54) is 0 Å². The number of carbonyl (C=O) groups excluding carboxylic acids is 1. The number of allylic oxidation sites excluding steroid dienone is 1. The number of nitrogens with one attached hydrogen (secondary N) is 1. The van der Waals surface area contributed by atoms with E-state index in [9.17, 15) is 14.7 Å². The van der Waals surface area contributed by atoms with Crippen LogP contribution in [-0.2, 0) is 11.5 Å². The lowest BCUT2D eigenvalue weighted by atomic mass is 9.86. The fourth-order valence-corrected chi connectivity index (χ4v) is 5.45. The van der Waals surface area contributed by atoms with Crippen LogP contribution < -0.4 is 11.3 Å². The van der Waals surface area contributed by atoms with Gasteiger partial charge in [-0.1, -0.05) is 25.7 Å². The molecule has 1 aliphatic rings. The van der Waals surface area contributed by atoms with Crippen LogP contribution in [0.2, 0.25) is 25.7 Å². The number of fused-ring (bicyclic) bond motifs is 1. The molecule has 2 aromatic heterocycles. The van der Waals surface area contributed by atoms with E-state index >= 15 is 0 Å². The first kappa shape index (κ1) is 26.9. The van der Waals surface area contributed by atoms with Gasteiger partial charge in [0.2, 0.25) is 0 Å². The molecule has 10 heteroatoms. The van der Waals surface area contributed by atoms with Gasteiger partial charge in [-0.15, -0.1) is 0 Å². The molecule has 2 aromatic rings. The van der Waals surface area contributed by atoms with Crippen LogP contribution in [0.3, 0.4) is 0 Å². The van der Waals surface area contributed by atoms with E-state index in [1.807, 2.05) is 31.4 Å². The SMILES string of the molecule is CC(C)(C)N(C(=O)O)C1CCC=C(c2ccnc3c2c(C(=O)NN)cn3COCC[Si](C)(C)C)C1. The smallest absolute Gasteiger partial charge is 0.407 e. The number of nitrogens with zero attached hydrogens (tertiary/aromatic N) is 3. The number of rotatable bonds is 8. The molecule has 1 atom stereocenters. The summed E-state index contributed by atoms with van der Waals surface area (Å²) in [6, 6.07) is 2.78. The summed E-state index contributed by atoms with van der Waals surface area (Å²) in [5, 5.41) is 10.6. The first-order valence-electron chi connectivity index (χ1n) is 12.1. The van der Waals surface area contributed by atoms with Crippen molar-refractivity contribution >= 4 is 36.7 Å². The van der Waals surface area contributed by atoms with Crippen molar-refractivity contribution in [2.75, 3.05) is 6.61 Å². The predicted octanol–water partition coefficient (Wildman–Crippen LogP) is 4.67. The Morgan fingerprint density at radius 3 is 2.66 bits per heavy atom. The number of nitrogen functional groups attached to an aromatic ring is 1. The Balaban J connectivity index is 1.98. The van der Waals surface area contributed by atoms with Gasteiger partial charge in [0, 0.05) is 44.0 Å². The summed E-state index contributed by atoms with van der Waals surface area (Å²) >= 11 is 0. The maximum Gasteiger partial charge on any atom is 0.407 e. The van der Waals surface area contributed by atoms with Gasteiger partial charge in [-0.3, -0.25) is 10.2 Å². The molecule has 192 valence electrons. The minimum atomic E-state index is -1.22. The highest BCUT2D eigenvalue weighted by atomic mass is 28.3. The van der Waals surface area contributed by atoms with Crippen molar-refractivity contribution in [3.05, 3.63) is 35.7 Å². The second-order valence-electron chi connectivity index (χ2n) is 11.4. The number of carbonyl (C=O) groups is 2. The third-order valence-corrected chi connectivity index (χ3v) is 8.05. The fourth-order valence-electron chi connectivity index (χ4n) is 4.69. The molecule has 0 spiro atoms. The molecule has 2 heterocycles. The topological polar surface area (TPSA) is 123 Å². The number of aromatic nitrogens is 2. The normalized spacial score (nSPS) is 16.8. The predicted molar refractivity (Wildman–Crippen MR) is 141 cm³/mol. The van der Waals surface area contributed by atoms with Crippen molar-refractivity contribution in [2.24, 2.45) is 5.84 Å². The van der Waals surface area contributed by atoms with E-state index < -0.39 is 25.6 Å². The van der Waals surface area contributed by atoms with Crippen molar-refractivity contribution < 1.29 is 19.4 Å². The van der Waals surface area contributed by atoms with Crippen LogP contribution in [0.1, 0.15) is 56.0 Å². The molecular weight excluding hydrogens is 462 g/mol. The molecule has 0 radical (unpaired) electrons. The Hall–Kier alpha value is -2.69. The summed E-state index contributed by atoms with van der Waals surface area (Å²) < 4.78 is 7.78. The Morgan fingerprint density at radius 2 is 2.06 bits per heavy atom. The Bertz CT molecular complexity index is 1110. The van der Waals surface area contributed by atoms with Crippen LogP contribution >= 0.6 is 0 Å². The molecule has 35 heavy (non-hydrogen) atoms. The van der Waals surface area contributed by atoms with Gasteiger partial charge in [-0.05, 0) is 63.3 Å². The van der Waals surface area contributed by atoms with E-state index in [0.717, 1.165) is 30.0 Å². The van der Waals surface area contributed by atoms with Crippen LogP contribution in [0.25, 0.3) is 16.6 Å². The molecule has 4 N–H and O–H groups in total. The standard InChI is InChI=1S/C25H39N5O4Si/c1-25(2,3)30(24(32)33)18-9-7-8-17(14-18)19-10-11-27-22-21(19)20(23(31)28-26)15-29(22)16-34-12-13-35(4,5)6/h8,10-11,15,18H,7,9,12-14,16,26H2,1-6H3,(H,28,31)(H,32,33). The van der Waals surface area contributed by atoms with Crippen LogP contribution in [-0.4, -0.2) is 57.8 Å². The van der Waals surface area contributed by atoms with Gasteiger partial charge in [0.1, 0.15) is 12.4 Å². The summed E-state index contributed by atoms with van der Waals surface area (Å²) in [5.41, 5.74) is 4.67.